The Balaban J connectivity index is 0.00000338. The van der Waals surface area contributed by atoms with Crippen molar-refractivity contribution in [3.8, 4) is 0 Å². The Morgan fingerprint density at radius 2 is 1.88 bits per heavy atom. The second kappa shape index (κ2) is 12.2. The first-order valence-corrected chi connectivity index (χ1v) is 9.53. The van der Waals surface area contributed by atoms with Crippen molar-refractivity contribution >= 4 is 35.8 Å². The summed E-state index contributed by atoms with van der Waals surface area (Å²) in [4.78, 5) is 26.6. The number of carbonyl (C=O) groups excluding carboxylic acids is 2. The van der Waals surface area contributed by atoms with Gasteiger partial charge in [-0.2, -0.15) is 0 Å². The summed E-state index contributed by atoms with van der Waals surface area (Å²) in [5.74, 6) is 0.0716. The SMILES string of the molecule is CCCN(C(=O)CCCNC(=O)c1ccc(Cl)cc1)C1CCNCC1.Cl. The Bertz CT molecular complexity index is 560. The standard InChI is InChI=1S/C19H28ClN3O2.ClH/c1-2-14-23(17-9-12-21-13-10-17)18(24)4-3-11-22-19(25)15-5-7-16(20)8-6-15;/h5-8,17,21H,2-4,9-14H2,1H3,(H,22,25);1H. The van der Waals surface area contributed by atoms with Gasteiger partial charge < -0.3 is 15.5 Å². The molecule has 0 bridgehead atoms. The van der Waals surface area contributed by atoms with Crippen LogP contribution in [0.5, 0.6) is 0 Å². The molecular formula is C19H29Cl2N3O2. The van der Waals surface area contributed by atoms with Gasteiger partial charge in [-0.3, -0.25) is 9.59 Å². The topological polar surface area (TPSA) is 61.4 Å². The Morgan fingerprint density at radius 1 is 1.23 bits per heavy atom. The highest BCUT2D eigenvalue weighted by Gasteiger charge is 2.24. The van der Waals surface area contributed by atoms with E-state index in [2.05, 4.69) is 17.6 Å². The van der Waals surface area contributed by atoms with E-state index < -0.39 is 0 Å². The number of amides is 2. The summed E-state index contributed by atoms with van der Waals surface area (Å²) >= 11 is 5.82. The smallest absolute Gasteiger partial charge is 0.251 e. The molecule has 5 nitrogen and oxygen atoms in total. The Hall–Kier alpha value is -1.30. The molecule has 1 aromatic rings. The molecule has 146 valence electrons. The number of hydrogen-bond donors (Lipinski definition) is 2. The van der Waals surface area contributed by atoms with Crippen molar-refractivity contribution in [3.05, 3.63) is 34.9 Å². The Kier molecular flexibility index (Phi) is 10.6. The molecule has 0 aromatic heterocycles. The minimum absolute atomic E-state index is 0. The lowest BCUT2D eigenvalue weighted by Crippen LogP contribution is -2.46. The quantitative estimate of drug-likeness (QED) is 0.657. The molecule has 0 spiro atoms. The van der Waals surface area contributed by atoms with E-state index in [0.717, 1.165) is 38.9 Å². The van der Waals surface area contributed by atoms with E-state index >= 15 is 0 Å². The van der Waals surface area contributed by atoms with E-state index in [4.69, 9.17) is 11.6 Å². The van der Waals surface area contributed by atoms with E-state index in [1.54, 1.807) is 24.3 Å². The number of piperidine rings is 1. The number of rotatable bonds is 8. The van der Waals surface area contributed by atoms with Crippen molar-refractivity contribution in [3.63, 3.8) is 0 Å². The van der Waals surface area contributed by atoms with Gasteiger partial charge in [0.05, 0.1) is 0 Å². The number of nitrogens with zero attached hydrogens (tertiary/aromatic N) is 1. The van der Waals surface area contributed by atoms with Crippen LogP contribution in [0.1, 0.15) is 49.4 Å². The lowest BCUT2D eigenvalue weighted by Gasteiger charge is -2.34. The predicted molar refractivity (Wildman–Crippen MR) is 108 cm³/mol. The molecule has 2 amide bonds. The van der Waals surface area contributed by atoms with Crippen LogP contribution < -0.4 is 10.6 Å². The second-order valence-corrected chi connectivity index (χ2v) is 6.87. The number of halogens is 2. The average molecular weight is 402 g/mol. The zero-order chi connectivity index (χ0) is 18.1. The molecule has 1 heterocycles. The molecule has 1 aliphatic rings. The summed E-state index contributed by atoms with van der Waals surface area (Å²) in [6.45, 7) is 5.39. The van der Waals surface area contributed by atoms with Crippen LogP contribution in [-0.4, -0.2) is 48.9 Å². The Labute approximate surface area is 167 Å². The average Bonchev–Trinajstić information content (AvgIpc) is 2.64. The van der Waals surface area contributed by atoms with Crippen molar-refractivity contribution in [1.29, 1.82) is 0 Å². The van der Waals surface area contributed by atoms with E-state index in [0.29, 0.717) is 36.0 Å². The molecule has 0 radical (unpaired) electrons. The first-order valence-electron chi connectivity index (χ1n) is 9.15. The maximum Gasteiger partial charge on any atom is 0.251 e. The van der Waals surface area contributed by atoms with Crippen LogP contribution in [0.4, 0.5) is 0 Å². The highest BCUT2D eigenvalue weighted by atomic mass is 35.5. The van der Waals surface area contributed by atoms with Crippen LogP contribution in [0, 0.1) is 0 Å². The van der Waals surface area contributed by atoms with Crippen LogP contribution in [0.2, 0.25) is 5.02 Å². The molecule has 0 unspecified atom stereocenters. The van der Waals surface area contributed by atoms with Gasteiger partial charge in [-0.25, -0.2) is 0 Å². The van der Waals surface area contributed by atoms with Gasteiger partial charge in [-0.15, -0.1) is 12.4 Å². The largest absolute Gasteiger partial charge is 0.352 e. The minimum atomic E-state index is -0.132. The zero-order valence-electron chi connectivity index (χ0n) is 15.3. The molecule has 1 aromatic carbocycles. The molecular weight excluding hydrogens is 373 g/mol. The first kappa shape index (κ1) is 22.7. The monoisotopic (exact) mass is 401 g/mol. The van der Waals surface area contributed by atoms with Gasteiger partial charge >= 0.3 is 0 Å². The summed E-state index contributed by atoms with van der Waals surface area (Å²) in [7, 11) is 0. The lowest BCUT2D eigenvalue weighted by atomic mass is 10.0. The molecule has 0 aliphatic carbocycles. The van der Waals surface area contributed by atoms with Crippen molar-refractivity contribution in [2.24, 2.45) is 0 Å². The van der Waals surface area contributed by atoms with Gasteiger partial charge in [0.1, 0.15) is 0 Å². The van der Waals surface area contributed by atoms with Gasteiger partial charge in [0.25, 0.3) is 5.91 Å². The minimum Gasteiger partial charge on any atom is -0.352 e. The molecule has 2 N–H and O–H groups in total. The summed E-state index contributed by atoms with van der Waals surface area (Å²) in [6.07, 6.45) is 4.16. The number of hydrogen-bond acceptors (Lipinski definition) is 3. The van der Waals surface area contributed by atoms with E-state index in [9.17, 15) is 9.59 Å². The third-order valence-corrected chi connectivity index (χ3v) is 4.75. The second-order valence-electron chi connectivity index (χ2n) is 6.43. The number of benzene rings is 1. The van der Waals surface area contributed by atoms with Crippen LogP contribution >= 0.6 is 24.0 Å². The summed E-state index contributed by atoms with van der Waals surface area (Å²) < 4.78 is 0. The first-order chi connectivity index (χ1) is 12.1. The third kappa shape index (κ3) is 7.14. The van der Waals surface area contributed by atoms with Crippen LogP contribution in [0.15, 0.2) is 24.3 Å². The number of nitrogens with one attached hydrogen (secondary N) is 2. The van der Waals surface area contributed by atoms with Crippen LogP contribution in [0.25, 0.3) is 0 Å². The molecule has 1 aliphatic heterocycles. The molecule has 1 fully saturated rings. The van der Waals surface area contributed by atoms with Crippen molar-refractivity contribution in [1.82, 2.24) is 15.5 Å². The van der Waals surface area contributed by atoms with E-state index in [1.807, 2.05) is 4.90 Å². The fourth-order valence-corrected chi connectivity index (χ4v) is 3.28. The fourth-order valence-electron chi connectivity index (χ4n) is 3.16. The molecule has 0 saturated carbocycles. The summed E-state index contributed by atoms with van der Waals surface area (Å²) in [5.41, 5.74) is 0.582. The van der Waals surface area contributed by atoms with Gasteiger partial charge in [0.2, 0.25) is 5.91 Å². The highest BCUT2D eigenvalue weighted by molar-refractivity contribution is 6.30. The highest BCUT2D eigenvalue weighted by Crippen LogP contribution is 2.14. The van der Waals surface area contributed by atoms with Crippen LogP contribution in [0.3, 0.4) is 0 Å². The molecule has 0 atom stereocenters. The lowest BCUT2D eigenvalue weighted by molar-refractivity contribution is -0.134. The maximum atomic E-state index is 12.6. The maximum absolute atomic E-state index is 12.6. The summed E-state index contributed by atoms with van der Waals surface area (Å²) in [5, 5.41) is 6.81. The van der Waals surface area contributed by atoms with Crippen molar-refractivity contribution in [2.45, 2.75) is 45.1 Å². The summed E-state index contributed by atoms with van der Waals surface area (Å²) in [6, 6.07) is 7.15. The van der Waals surface area contributed by atoms with E-state index in [1.165, 1.54) is 0 Å². The molecule has 26 heavy (non-hydrogen) atoms. The van der Waals surface area contributed by atoms with Crippen LogP contribution in [-0.2, 0) is 4.79 Å². The predicted octanol–water partition coefficient (Wildman–Crippen LogP) is 3.26. The van der Waals surface area contributed by atoms with Crippen molar-refractivity contribution in [2.75, 3.05) is 26.2 Å². The van der Waals surface area contributed by atoms with E-state index in [-0.39, 0.29) is 24.2 Å². The van der Waals surface area contributed by atoms with Gasteiger partial charge in [0, 0.05) is 36.1 Å². The normalized spacial score (nSPS) is 14.4. The molecule has 1 saturated heterocycles. The Morgan fingerprint density at radius 3 is 2.50 bits per heavy atom. The third-order valence-electron chi connectivity index (χ3n) is 4.49. The number of carbonyl (C=O) groups is 2. The van der Waals surface area contributed by atoms with Gasteiger partial charge in [-0.05, 0) is 63.0 Å². The van der Waals surface area contributed by atoms with Crippen molar-refractivity contribution < 1.29 is 9.59 Å². The fraction of sp³-hybridized carbons (Fsp3) is 0.579. The molecule has 7 heteroatoms. The zero-order valence-corrected chi connectivity index (χ0v) is 16.9. The molecule has 2 rings (SSSR count). The van der Waals surface area contributed by atoms with Gasteiger partial charge in [0.15, 0.2) is 0 Å². The van der Waals surface area contributed by atoms with Gasteiger partial charge in [-0.1, -0.05) is 18.5 Å².